The van der Waals surface area contributed by atoms with Crippen LogP contribution in [0.3, 0.4) is 0 Å². The molecule has 0 aromatic heterocycles. The molecule has 2 nitrogen and oxygen atoms in total. The van der Waals surface area contributed by atoms with Crippen LogP contribution in [0, 0.1) is 0 Å². The van der Waals surface area contributed by atoms with Gasteiger partial charge < -0.3 is 9.96 Å². The molecule has 0 saturated heterocycles. The van der Waals surface area contributed by atoms with E-state index in [1.807, 2.05) is 0 Å². The first kappa shape index (κ1) is 15.6. The summed E-state index contributed by atoms with van der Waals surface area (Å²) in [6, 6.07) is 0. The van der Waals surface area contributed by atoms with E-state index in [9.17, 15) is 0 Å². The van der Waals surface area contributed by atoms with Crippen LogP contribution in [0.2, 0.25) is 0 Å². The third kappa shape index (κ3) is 457. The molecular weight excluding hydrogens is 181 g/mol. The summed E-state index contributed by atoms with van der Waals surface area (Å²) in [4.78, 5) is 0. The Kier molecular flexibility index (Phi) is 10.5. The van der Waals surface area contributed by atoms with Gasteiger partial charge in [-0.15, -0.1) is 0 Å². The van der Waals surface area contributed by atoms with Crippen LogP contribution in [-0.2, 0) is 19.5 Å². The monoisotopic (exact) mass is 195 g/mol. The first-order chi connectivity index (χ1) is 2.00. The molecule has 7 heavy (non-hydrogen) atoms. The van der Waals surface area contributed by atoms with Gasteiger partial charge in [0, 0.05) is 19.5 Å². The van der Waals surface area contributed by atoms with Gasteiger partial charge in [-0.25, -0.2) is 0 Å². The minimum atomic E-state index is 0. The Bertz CT molecular complexity index is 27.2. The van der Waals surface area contributed by atoms with Gasteiger partial charge in [-0.2, -0.15) is 0 Å². The maximum Gasteiger partial charge on any atom is 0.0675 e. The van der Waals surface area contributed by atoms with Crippen LogP contribution < -0.4 is 0 Å². The number of nitrogens with zero attached hydrogens (tertiary/aromatic N) is 1. The van der Waals surface area contributed by atoms with Crippen molar-refractivity contribution in [2.45, 2.75) is 0 Å². The SMILES string of the molecule is C[N+](C)(C)C.O.[Rh]. The van der Waals surface area contributed by atoms with Gasteiger partial charge in [0.25, 0.3) is 0 Å². The van der Waals surface area contributed by atoms with E-state index in [-0.39, 0.29) is 25.0 Å². The summed E-state index contributed by atoms with van der Waals surface area (Å²) in [5.74, 6) is 0. The summed E-state index contributed by atoms with van der Waals surface area (Å²) in [5.41, 5.74) is 0. The molecule has 0 aromatic carbocycles. The topological polar surface area (TPSA) is 31.5 Å². The van der Waals surface area contributed by atoms with Crippen molar-refractivity contribution in [1.82, 2.24) is 0 Å². The zero-order valence-corrected chi connectivity index (χ0v) is 6.92. The van der Waals surface area contributed by atoms with Gasteiger partial charge in [0.15, 0.2) is 0 Å². The Labute approximate surface area is 58.2 Å². The van der Waals surface area contributed by atoms with E-state index in [1.54, 1.807) is 0 Å². The van der Waals surface area contributed by atoms with Crippen LogP contribution in [0.1, 0.15) is 0 Å². The molecule has 0 aliphatic carbocycles. The van der Waals surface area contributed by atoms with Gasteiger partial charge in [-0.1, -0.05) is 0 Å². The van der Waals surface area contributed by atoms with Crippen LogP contribution in [0.5, 0.6) is 0 Å². The van der Waals surface area contributed by atoms with E-state index >= 15 is 0 Å². The Morgan fingerprint density at radius 3 is 0.857 bits per heavy atom. The van der Waals surface area contributed by atoms with E-state index in [0.717, 1.165) is 4.48 Å². The average molecular weight is 195 g/mol. The number of quaternary nitrogens is 1. The first-order valence-corrected chi connectivity index (χ1v) is 1.79. The van der Waals surface area contributed by atoms with Crippen molar-refractivity contribution in [3.63, 3.8) is 0 Å². The van der Waals surface area contributed by atoms with E-state index in [1.165, 1.54) is 0 Å². The molecule has 0 unspecified atom stereocenters. The molecule has 0 amide bonds. The maximum atomic E-state index is 2.12. The van der Waals surface area contributed by atoms with Gasteiger partial charge in [-0.3, -0.25) is 0 Å². The van der Waals surface area contributed by atoms with Crippen molar-refractivity contribution in [3.8, 4) is 0 Å². The second-order valence-electron chi connectivity index (χ2n) is 2.68. The van der Waals surface area contributed by atoms with Crippen LogP contribution in [0.15, 0.2) is 0 Å². The quantitative estimate of drug-likeness (QED) is 0.368. The molecular formula is C4H14NORh+. The van der Waals surface area contributed by atoms with E-state index in [4.69, 9.17) is 0 Å². The number of rotatable bonds is 0. The summed E-state index contributed by atoms with van der Waals surface area (Å²) in [6.45, 7) is 0. The fraction of sp³-hybridized carbons (Fsp3) is 1.00. The van der Waals surface area contributed by atoms with E-state index < -0.39 is 0 Å². The molecule has 3 heteroatoms. The molecule has 0 aliphatic heterocycles. The standard InChI is InChI=1S/C4H12N.H2O.Rh/c1-5(2,3)4;;/h1-4H3;1H2;/q+1;;. The molecule has 0 rings (SSSR count). The molecule has 0 atom stereocenters. The average Bonchev–Trinajstić information content (AvgIpc) is 0.722. The molecule has 49 valence electrons. The Morgan fingerprint density at radius 1 is 0.857 bits per heavy atom. The second kappa shape index (κ2) is 4.70. The van der Waals surface area contributed by atoms with Crippen LogP contribution >= 0.6 is 0 Å². The van der Waals surface area contributed by atoms with Gasteiger partial charge >= 0.3 is 0 Å². The second-order valence-corrected chi connectivity index (χ2v) is 2.68. The fourth-order valence-corrected chi connectivity index (χ4v) is 0. The van der Waals surface area contributed by atoms with E-state index in [2.05, 4.69) is 28.2 Å². The molecule has 0 aromatic rings. The molecule has 0 spiro atoms. The molecule has 0 bridgehead atoms. The zero-order chi connectivity index (χ0) is 4.50. The largest absolute Gasteiger partial charge is 0.412 e. The summed E-state index contributed by atoms with van der Waals surface area (Å²) < 4.78 is 1.00. The molecule has 1 radical (unpaired) electrons. The normalized spacial score (nSPS) is 8.57. The summed E-state index contributed by atoms with van der Waals surface area (Å²) in [7, 11) is 8.50. The minimum absolute atomic E-state index is 0. The Morgan fingerprint density at radius 2 is 0.857 bits per heavy atom. The number of hydrogen-bond acceptors (Lipinski definition) is 0. The Balaban J connectivity index is -0.0000000800. The van der Waals surface area contributed by atoms with Crippen LogP contribution in [-0.4, -0.2) is 38.1 Å². The van der Waals surface area contributed by atoms with Gasteiger partial charge in [0.2, 0.25) is 0 Å². The van der Waals surface area contributed by atoms with Crippen molar-refractivity contribution < 1.29 is 29.4 Å². The minimum Gasteiger partial charge on any atom is -0.412 e. The predicted molar refractivity (Wildman–Crippen MR) is 27.6 cm³/mol. The van der Waals surface area contributed by atoms with Gasteiger partial charge in [0.05, 0.1) is 28.2 Å². The first-order valence-electron chi connectivity index (χ1n) is 1.79. The van der Waals surface area contributed by atoms with E-state index in [0.29, 0.717) is 0 Å². The Hall–Kier alpha value is 0.543. The molecule has 0 fully saturated rings. The van der Waals surface area contributed by atoms with Crippen molar-refractivity contribution in [2.24, 2.45) is 0 Å². The summed E-state index contributed by atoms with van der Waals surface area (Å²) in [6.07, 6.45) is 0. The van der Waals surface area contributed by atoms with Gasteiger partial charge in [0.1, 0.15) is 0 Å². The van der Waals surface area contributed by atoms with Crippen LogP contribution in [0.4, 0.5) is 0 Å². The molecule has 2 N–H and O–H groups in total. The maximum absolute atomic E-state index is 2.12. The van der Waals surface area contributed by atoms with Crippen molar-refractivity contribution in [2.75, 3.05) is 28.2 Å². The van der Waals surface area contributed by atoms with Crippen molar-refractivity contribution >= 4 is 0 Å². The van der Waals surface area contributed by atoms with Crippen molar-refractivity contribution in [3.05, 3.63) is 0 Å². The van der Waals surface area contributed by atoms with Crippen molar-refractivity contribution in [1.29, 1.82) is 0 Å². The zero-order valence-electron chi connectivity index (χ0n) is 5.28. The molecule has 0 heterocycles. The van der Waals surface area contributed by atoms with Gasteiger partial charge in [-0.05, 0) is 0 Å². The summed E-state index contributed by atoms with van der Waals surface area (Å²) >= 11 is 0. The number of hydrogen-bond donors (Lipinski definition) is 0. The smallest absolute Gasteiger partial charge is 0.0675 e. The van der Waals surface area contributed by atoms with Crippen LogP contribution in [0.25, 0.3) is 0 Å². The fourth-order valence-electron chi connectivity index (χ4n) is 0. The third-order valence-electron chi connectivity index (χ3n) is 0. The third-order valence-corrected chi connectivity index (χ3v) is 0. The predicted octanol–water partition coefficient (Wildman–Crippen LogP) is -0.505. The summed E-state index contributed by atoms with van der Waals surface area (Å²) in [5, 5.41) is 0. The molecule has 0 aliphatic rings. The molecule has 0 saturated carbocycles.